The van der Waals surface area contributed by atoms with Gasteiger partial charge in [-0.1, -0.05) is 29.5 Å². The van der Waals surface area contributed by atoms with Crippen LogP contribution in [0.3, 0.4) is 0 Å². The van der Waals surface area contributed by atoms with Gasteiger partial charge < -0.3 is 15.0 Å². The third kappa shape index (κ3) is 3.16. The van der Waals surface area contributed by atoms with Gasteiger partial charge in [0.1, 0.15) is 5.75 Å². The van der Waals surface area contributed by atoms with E-state index in [1.807, 2.05) is 31.2 Å². The number of aryl methyl sites for hydroxylation is 1. The van der Waals surface area contributed by atoms with Gasteiger partial charge in [-0.25, -0.2) is 4.98 Å². The zero-order chi connectivity index (χ0) is 16.5. The van der Waals surface area contributed by atoms with Crippen LogP contribution in [0.15, 0.2) is 30.5 Å². The van der Waals surface area contributed by atoms with E-state index in [0.29, 0.717) is 16.0 Å². The molecule has 2 aromatic rings. The molecule has 6 heteroatoms. The average molecular weight is 343 g/mol. The first-order valence-electron chi connectivity index (χ1n) is 8.41. The number of nitrogens with zero attached hydrogens (tertiary/aromatic N) is 2. The SMILES string of the molecule is Cc1ccccc1Oc1cnc(C(=O)NC2CN3CCC2CC3)s1. The van der Waals surface area contributed by atoms with Gasteiger partial charge in [-0.15, -0.1) is 0 Å². The number of hydrogen-bond acceptors (Lipinski definition) is 5. The second-order valence-electron chi connectivity index (χ2n) is 6.57. The highest BCUT2D eigenvalue weighted by atomic mass is 32.1. The summed E-state index contributed by atoms with van der Waals surface area (Å²) in [6.07, 6.45) is 4.00. The summed E-state index contributed by atoms with van der Waals surface area (Å²) in [7, 11) is 0. The maximum Gasteiger partial charge on any atom is 0.280 e. The van der Waals surface area contributed by atoms with Crippen molar-refractivity contribution in [2.24, 2.45) is 5.92 Å². The van der Waals surface area contributed by atoms with Crippen LogP contribution >= 0.6 is 11.3 Å². The molecule has 1 N–H and O–H groups in total. The predicted molar refractivity (Wildman–Crippen MR) is 93.8 cm³/mol. The fourth-order valence-corrected chi connectivity index (χ4v) is 4.23. The number of thiazole rings is 1. The molecule has 126 valence electrons. The summed E-state index contributed by atoms with van der Waals surface area (Å²) in [6, 6.07) is 8.08. The lowest BCUT2D eigenvalue weighted by molar-refractivity contribution is 0.0620. The van der Waals surface area contributed by atoms with E-state index < -0.39 is 0 Å². The summed E-state index contributed by atoms with van der Waals surface area (Å²) in [5.74, 6) is 1.32. The van der Waals surface area contributed by atoms with Crippen molar-refractivity contribution >= 4 is 17.2 Å². The van der Waals surface area contributed by atoms with Crippen LogP contribution in [0.2, 0.25) is 0 Å². The van der Waals surface area contributed by atoms with E-state index in [9.17, 15) is 4.79 Å². The van der Waals surface area contributed by atoms with Crippen molar-refractivity contribution in [3.63, 3.8) is 0 Å². The summed E-state index contributed by atoms with van der Waals surface area (Å²) >= 11 is 1.29. The van der Waals surface area contributed by atoms with Crippen LogP contribution in [0.5, 0.6) is 10.8 Å². The summed E-state index contributed by atoms with van der Waals surface area (Å²) < 4.78 is 5.85. The summed E-state index contributed by atoms with van der Waals surface area (Å²) in [5.41, 5.74) is 1.06. The minimum absolute atomic E-state index is 0.0848. The first-order chi connectivity index (χ1) is 11.7. The molecular weight excluding hydrogens is 322 g/mol. The van der Waals surface area contributed by atoms with Crippen molar-refractivity contribution in [3.8, 4) is 10.8 Å². The summed E-state index contributed by atoms with van der Waals surface area (Å²) in [4.78, 5) is 19.2. The van der Waals surface area contributed by atoms with E-state index in [-0.39, 0.29) is 11.9 Å². The zero-order valence-electron chi connectivity index (χ0n) is 13.7. The first-order valence-corrected chi connectivity index (χ1v) is 9.23. The number of nitrogens with one attached hydrogen (secondary N) is 1. The molecule has 3 fully saturated rings. The Morgan fingerprint density at radius 2 is 2.12 bits per heavy atom. The molecule has 3 saturated heterocycles. The maximum atomic E-state index is 12.5. The molecule has 3 aliphatic rings. The Bertz CT molecular complexity index is 737. The minimum Gasteiger partial charge on any atom is -0.445 e. The van der Waals surface area contributed by atoms with E-state index in [2.05, 4.69) is 15.2 Å². The molecule has 5 rings (SSSR count). The largest absolute Gasteiger partial charge is 0.445 e. The molecule has 1 amide bonds. The fraction of sp³-hybridized carbons (Fsp3) is 0.444. The van der Waals surface area contributed by atoms with Crippen LogP contribution in [0.1, 0.15) is 28.2 Å². The van der Waals surface area contributed by atoms with Crippen LogP contribution in [-0.4, -0.2) is 41.5 Å². The number of para-hydroxylation sites is 1. The number of aromatic nitrogens is 1. The highest BCUT2D eigenvalue weighted by Crippen LogP contribution is 2.31. The number of piperidine rings is 3. The highest BCUT2D eigenvalue weighted by molar-refractivity contribution is 7.15. The Balaban J connectivity index is 1.41. The fourth-order valence-electron chi connectivity index (χ4n) is 3.55. The van der Waals surface area contributed by atoms with Gasteiger partial charge in [-0.3, -0.25) is 4.79 Å². The molecule has 0 radical (unpaired) electrons. The Hall–Kier alpha value is -1.92. The number of carbonyl (C=O) groups excluding carboxylic acids is 1. The molecule has 1 atom stereocenters. The molecule has 0 aliphatic carbocycles. The average Bonchev–Trinajstić information content (AvgIpc) is 3.07. The predicted octanol–water partition coefficient (Wildman–Crippen LogP) is 3.07. The van der Waals surface area contributed by atoms with Gasteiger partial charge in [0, 0.05) is 12.6 Å². The molecule has 1 aromatic carbocycles. The zero-order valence-corrected chi connectivity index (χ0v) is 14.5. The van der Waals surface area contributed by atoms with Crippen LogP contribution in [0, 0.1) is 12.8 Å². The van der Waals surface area contributed by atoms with Crippen molar-refractivity contribution in [1.82, 2.24) is 15.2 Å². The number of amides is 1. The summed E-state index contributed by atoms with van der Waals surface area (Å²) in [5, 5.41) is 4.28. The number of carbonyl (C=O) groups is 1. The number of ether oxygens (including phenoxy) is 1. The molecule has 24 heavy (non-hydrogen) atoms. The quantitative estimate of drug-likeness (QED) is 0.927. The molecule has 5 nitrogen and oxygen atoms in total. The third-order valence-electron chi connectivity index (χ3n) is 4.96. The maximum absolute atomic E-state index is 12.5. The molecule has 1 unspecified atom stereocenters. The molecule has 3 aliphatic heterocycles. The van der Waals surface area contributed by atoms with Crippen molar-refractivity contribution in [3.05, 3.63) is 41.0 Å². The minimum atomic E-state index is -0.0848. The van der Waals surface area contributed by atoms with Crippen molar-refractivity contribution in [1.29, 1.82) is 0 Å². The second-order valence-corrected chi connectivity index (χ2v) is 7.56. The van der Waals surface area contributed by atoms with Crippen molar-refractivity contribution in [2.75, 3.05) is 19.6 Å². The van der Waals surface area contributed by atoms with Gasteiger partial charge >= 0.3 is 0 Å². The van der Waals surface area contributed by atoms with Gasteiger partial charge in [0.05, 0.1) is 6.20 Å². The van der Waals surface area contributed by atoms with E-state index in [4.69, 9.17) is 4.74 Å². The lowest BCUT2D eigenvalue weighted by Gasteiger charge is -2.44. The Morgan fingerprint density at radius 3 is 2.83 bits per heavy atom. The Morgan fingerprint density at radius 1 is 1.33 bits per heavy atom. The third-order valence-corrected chi connectivity index (χ3v) is 5.83. The van der Waals surface area contributed by atoms with Crippen LogP contribution < -0.4 is 10.1 Å². The molecule has 4 heterocycles. The van der Waals surface area contributed by atoms with Crippen molar-refractivity contribution < 1.29 is 9.53 Å². The number of hydrogen-bond donors (Lipinski definition) is 1. The normalized spacial score (nSPS) is 25.5. The van der Waals surface area contributed by atoms with Gasteiger partial charge in [0.15, 0.2) is 5.01 Å². The van der Waals surface area contributed by atoms with Crippen LogP contribution in [0.25, 0.3) is 0 Å². The van der Waals surface area contributed by atoms with Crippen LogP contribution in [0.4, 0.5) is 0 Å². The lowest BCUT2D eigenvalue weighted by Crippen LogP contribution is -2.57. The van der Waals surface area contributed by atoms with Gasteiger partial charge in [0.25, 0.3) is 5.91 Å². The molecule has 1 aromatic heterocycles. The number of fused-ring (bicyclic) bond motifs is 3. The topological polar surface area (TPSA) is 54.5 Å². The Labute approximate surface area is 145 Å². The monoisotopic (exact) mass is 343 g/mol. The first kappa shape index (κ1) is 15.6. The van der Waals surface area contributed by atoms with Gasteiger partial charge in [-0.05, 0) is 50.4 Å². The highest BCUT2D eigenvalue weighted by Gasteiger charge is 2.35. The molecular formula is C18H21N3O2S. The lowest BCUT2D eigenvalue weighted by atomic mass is 9.84. The second kappa shape index (κ2) is 6.53. The van der Waals surface area contributed by atoms with E-state index in [1.165, 1.54) is 37.3 Å². The van der Waals surface area contributed by atoms with E-state index in [0.717, 1.165) is 17.9 Å². The standard InChI is InChI=1S/C18H21N3O2S/c1-12-4-2-3-5-15(12)23-16-10-19-18(24-16)17(22)20-14-11-21-8-6-13(14)7-9-21/h2-5,10,13-14H,6-9,11H2,1H3,(H,20,22). The molecule has 0 saturated carbocycles. The van der Waals surface area contributed by atoms with Crippen LogP contribution in [-0.2, 0) is 0 Å². The number of benzene rings is 1. The molecule has 0 spiro atoms. The Kier molecular flexibility index (Phi) is 4.24. The summed E-state index contributed by atoms with van der Waals surface area (Å²) in [6.45, 7) is 5.30. The number of rotatable bonds is 4. The smallest absolute Gasteiger partial charge is 0.280 e. The van der Waals surface area contributed by atoms with E-state index in [1.54, 1.807) is 6.20 Å². The van der Waals surface area contributed by atoms with E-state index >= 15 is 0 Å². The van der Waals surface area contributed by atoms with Crippen molar-refractivity contribution in [2.45, 2.75) is 25.8 Å². The molecule has 2 bridgehead atoms. The van der Waals surface area contributed by atoms with Gasteiger partial charge in [-0.2, -0.15) is 0 Å². The van der Waals surface area contributed by atoms with Gasteiger partial charge in [0.2, 0.25) is 5.06 Å².